The van der Waals surface area contributed by atoms with Crippen LogP contribution in [0.3, 0.4) is 0 Å². The fourth-order valence-electron chi connectivity index (χ4n) is 2.62. The van der Waals surface area contributed by atoms with Crippen molar-refractivity contribution in [1.82, 2.24) is 24.2 Å². The van der Waals surface area contributed by atoms with Crippen molar-refractivity contribution in [2.24, 2.45) is 5.92 Å². The van der Waals surface area contributed by atoms with Gasteiger partial charge in [-0.05, 0) is 18.9 Å². The Morgan fingerprint density at radius 1 is 1.19 bits per heavy atom. The standard InChI is InChI=1S/C14H15N5O2/c20-12(10-2-3-10)18-6-7-19(9-18)13(21)11-8-17-5-1-4-15-14(17)16-11/h1,4-5,8,10H,2-3,6-7,9H2. The normalized spacial score (nSPS) is 18.5. The average Bonchev–Trinajstić information content (AvgIpc) is 3.08. The van der Waals surface area contributed by atoms with Crippen molar-refractivity contribution >= 4 is 17.6 Å². The van der Waals surface area contributed by atoms with Crippen LogP contribution in [0.5, 0.6) is 0 Å². The van der Waals surface area contributed by atoms with Gasteiger partial charge in [-0.1, -0.05) is 0 Å². The van der Waals surface area contributed by atoms with Crippen molar-refractivity contribution in [3.05, 3.63) is 30.4 Å². The van der Waals surface area contributed by atoms with Crippen molar-refractivity contribution < 1.29 is 9.59 Å². The molecule has 2 aliphatic rings. The number of amides is 2. The molecule has 0 N–H and O–H groups in total. The molecule has 2 aromatic rings. The van der Waals surface area contributed by atoms with Crippen LogP contribution in [0.25, 0.3) is 5.78 Å². The summed E-state index contributed by atoms with van der Waals surface area (Å²) in [5, 5.41) is 0. The lowest BCUT2D eigenvalue weighted by molar-refractivity contribution is -0.131. The topological polar surface area (TPSA) is 70.8 Å². The number of imidazole rings is 1. The zero-order valence-corrected chi connectivity index (χ0v) is 11.5. The average molecular weight is 285 g/mol. The van der Waals surface area contributed by atoms with Gasteiger partial charge in [0.1, 0.15) is 5.69 Å². The van der Waals surface area contributed by atoms with Crippen LogP contribution in [0.15, 0.2) is 24.7 Å². The van der Waals surface area contributed by atoms with Crippen LogP contribution in [-0.2, 0) is 4.79 Å². The Bertz CT molecular complexity index is 688. The number of rotatable bonds is 2. The molecule has 108 valence electrons. The quantitative estimate of drug-likeness (QED) is 0.800. The maximum absolute atomic E-state index is 12.5. The van der Waals surface area contributed by atoms with Gasteiger partial charge >= 0.3 is 0 Å². The molecule has 0 bridgehead atoms. The van der Waals surface area contributed by atoms with E-state index in [1.807, 2.05) is 0 Å². The third kappa shape index (κ3) is 2.14. The highest BCUT2D eigenvalue weighted by atomic mass is 16.2. The van der Waals surface area contributed by atoms with E-state index in [9.17, 15) is 9.59 Å². The Morgan fingerprint density at radius 3 is 2.76 bits per heavy atom. The number of fused-ring (bicyclic) bond motifs is 1. The van der Waals surface area contributed by atoms with Gasteiger partial charge in [0.25, 0.3) is 5.91 Å². The van der Waals surface area contributed by atoms with Gasteiger partial charge in [0.15, 0.2) is 0 Å². The minimum Gasteiger partial charge on any atom is -0.323 e. The Hall–Kier alpha value is -2.44. The summed E-state index contributed by atoms with van der Waals surface area (Å²) < 4.78 is 1.72. The minimum absolute atomic E-state index is 0.147. The molecular formula is C14H15N5O2. The van der Waals surface area contributed by atoms with Crippen LogP contribution < -0.4 is 0 Å². The largest absolute Gasteiger partial charge is 0.323 e. The zero-order valence-electron chi connectivity index (χ0n) is 11.5. The highest BCUT2D eigenvalue weighted by Crippen LogP contribution is 2.31. The molecule has 2 fully saturated rings. The number of carbonyl (C=O) groups is 2. The number of hydrogen-bond acceptors (Lipinski definition) is 4. The lowest BCUT2D eigenvalue weighted by Gasteiger charge is -2.17. The van der Waals surface area contributed by atoms with Crippen molar-refractivity contribution in [2.45, 2.75) is 12.8 Å². The van der Waals surface area contributed by atoms with E-state index in [1.165, 1.54) is 0 Å². The third-order valence-corrected chi connectivity index (χ3v) is 3.96. The van der Waals surface area contributed by atoms with Crippen molar-refractivity contribution in [3.8, 4) is 0 Å². The van der Waals surface area contributed by atoms with Crippen LogP contribution in [0, 0.1) is 5.92 Å². The second-order valence-electron chi connectivity index (χ2n) is 5.54. The number of aromatic nitrogens is 3. The molecule has 21 heavy (non-hydrogen) atoms. The molecule has 7 nitrogen and oxygen atoms in total. The predicted octanol–water partition coefficient (Wildman–Crippen LogP) is 0.381. The summed E-state index contributed by atoms with van der Waals surface area (Å²) in [5.74, 6) is 0.735. The first kappa shape index (κ1) is 12.3. The summed E-state index contributed by atoms with van der Waals surface area (Å²) in [4.78, 5) is 36.2. The molecule has 2 aromatic heterocycles. The van der Waals surface area contributed by atoms with E-state index < -0.39 is 0 Å². The fourth-order valence-corrected chi connectivity index (χ4v) is 2.62. The van der Waals surface area contributed by atoms with E-state index in [0.717, 1.165) is 12.8 Å². The highest BCUT2D eigenvalue weighted by molar-refractivity contribution is 5.93. The molecule has 4 rings (SSSR count). The van der Waals surface area contributed by atoms with E-state index in [2.05, 4.69) is 9.97 Å². The highest BCUT2D eigenvalue weighted by Gasteiger charge is 2.37. The summed E-state index contributed by atoms with van der Waals surface area (Å²) in [6.45, 7) is 1.56. The van der Waals surface area contributed by atoms with Crippen LogP contribution in [0.4, 0.5) is 0 Å². The van der Waals surface area contributed by atoms with E-state index in [1.54, 1.807) is 38.9 Å². The van der Waals surface area contributed by atoms with Crippen molar-refractivity contribution in [2.75, 3.05) is 19.8 Å². The summed E-state index contributed by atoms with van der Waals surface area (Å²) >= 11 is 0. The van der Waals surface area contributed by atoms with Gasteiger partial charge in [0.05, 0.1) is 6.67 Å². The third-order valence-electron chi connectivity index (χ3n) is 3.96. The molecule has 2 amide bonds. The Morgan fingerprint density at radius 2 is 2.00 bits per heavy atom. The monoisotopic (exact) mass is 285 g/mol. The summed E-state index contributed by atoms with van der Waals surface area (Å²) in [7, 11) is 0. The predicted molar refractivity (Wildman–Crippen MR) is 73.3 cm³/mol. The first-order valence-electron chi connectivity index (χ1n) is 7.10. The maximum Gasteiger partial charge on any atom is 0.275 e. The van der Waals surface area contributed by atoms with Gasteiger partial charge < -0.3 is 9.80 Å². The van der Waals surface area contributed by atoms with Gasteiger partial charge in [-0.25, -0.2) is 9.97 Å². The van der Waals surface area contributed by atoms with Gasteiger partial charge in [-0.2, -0.15) is 0 Å². The molecule has 0 radical (unpaired) electrons. The minimum atomic E-state index is -0.147. The zero-order chi connectivity index (χ0) is 14.4. The van der Waals surface area contributed by atoms with Crippen LogP contribution >= 0.6 is 0 Å². The Labute approximate surface area is 121 Å². The van der Waals surface area contributed by atoms with Crippen molar-refractivity contribution in [1.29, 1.82) is 0 Å². The Balaban J connectivity index is 1.51. The molecule has 0 unspecified atom stereocenters. The van der Waals surface area contributed by atoms with Crippen molar-refractivity contribution in [3.63, 3.8) is 0 Å². The SMILES string of the molecule is O=C(c1cn2cccnc2n1)N1CCN(C(=O)C2CC2)C1. The summed E-state index contributed by atoms with van der Waals surface area (Å²) in [6.07, 6.45) is 7.10. The second-order valence-corrected chi connectivity index (χ2v) is 5.54. The number of hydrogen-bond donors (Lipinski definition) is 0. The lowest BCUT2D eigenvalue weighted by Crippen LogP contribution is -2.34. The first-order chi connectivity index (χ1) is 10.2. The van der Waals surface area contributed by atoms with Crippen LogP contribution in [-0.4, -0.2) is 55.7 Å². The number of nitrogens with zero attached hydrogens (tertiary/aromatic N) is 5. The number of carbonyl (C=O) groups excluding carboxylic acids is 2. The van der Waals surface area contributed by atoms with Gasteiger partial charge in [-0.3, -0.25) is 14.0 Å². The van der Waals surface area contributed by atoms with Crippen LogP contribution in [0.2, 0.25) is 0 Å². The van der Waals surface area contributed by atoms with E-state index in [-0.39, 0.29) is 17.7 Å². The molecule has 1 aliphatic heterocycles. The molecule has 1 aliphatic carbocycles. The summed E-state index contributed by atoms with van der Waals surface area (Å²) in [6, 6.07) is 1.79. The lowest BCUT2D eigenvalue weighted by atomic mass is 10.4. The van der Waals surface area contributed by atoms with E-state index in [0.29, 0.717) is 31.2 Å². The molecule has 0 spiro atoms. The molecule has 0 atom stereocenters. The maximum atomic E-state index is 12.5. The fraction of sp³-hybridized carbons (Fsp3) is 0.429. The molecular weight excluding hydrogens is 270 g/mol. The van der Waals surface area contributed by atoms with Gasteiger partial charge in [-0.15, -0.1) is 0 Å². The molecule has 1 saturated carbocycles. The van der Waals surface area contributed by atoms with E-state index >= 15 is 0 Å². The van der Waals surface area contributed by atoms with Crippen LogP contribution in [0.1, 0.15) is 23.3 Å². The first-order valence-corrected chi connectivity index (χ1v) is 7.10. The smallest absolute Gasteiger partial charge is 0.275 e. The molecule has 1 saturated heterocycles. The molecule has 0 aromatic carbocycles. The van der Waals surface area contributed by atoms with Gasteiger partial charge in [0, 0.05) is 37.6 Å². The second kappa shape index (κ2) is 4.54. The molecule has 7 heteroatoms. The summed E-state index contributed by atoms with van der Waals surface area (Å²) in [5.41, 5.74) is 0.370. The Kier molecular flexibility index (Phi) is 2.66. The van der Waals surface area contributed by atoms with Gasteiger partial charge in [0.2, 0.25) is 11.7 Å². The molecule has 3 heterocycles. The van der Waals surface area contributed by atoms with E-state index in [4.69, 9.17) is 0 Å².